The Hall–Kier alpha value is -2.73. The van der Waals surface area contributed by atoms with Gasteiger partial charge in [-0.15, -0.1) is 0 Å². The summed E-state index contributed by atoms with van der Waals surface area (Å²) in [7, 11) is 0. The molecule has 3 rings (SSSR count). The Kier molecular flexibility index (Phi) is 5.40. The Labute approximate surface area is 150 Å². The van der Waals surface area contributed by atoms with Crippen LogP contribution >= 0.6 is 11.6 Å². The van der Waals surface area contributed by atoms with Gasteiger partial charge in [0.25, 0.3) is 0 Å². The highest BCUT2D eigenvalue weighted by Gasteiger charge is 2.10. The lowest BCUT2D eigenvalue weighted by Crippen LogP contribution is -2.13. The van der Waals surface area contributed by atoms with Crippen LogP contribution in [0.4, 0.5) is 5.82 Å². The smallest absolute Gasteiger partial charge is 0.226 e. The van der Waals surface area contributed by atoms with Gasteiger partial charge in [0.2, 0.25) is 17.6 Å². The van der Waals surface area contributed by atoms with E-state index < -0.39 is 0 Å². The number of rotatable bonds is 6. The van der Waals surface area contributed by atoms with Gasteiger partial charge in [-0.2, -0.15) is 4.98 Å². The van der Waals surface area contributed by atoms with E-state index in [0.717, 1.165) is 11.1 Å². The van der Waals surface area contributed by atoms with E-state index in [-0.39, 0.29) is 5.91 Å². The first-order valence-electron chi connectivity index (χ1n) is 7.92. The molecule has 0 fully saturated rings. The molecule has 1 aromatic carbocycles. The van der Waals surface area contributed by atoms with E-state index in [0.29, 0.717) is 41.8 Å². The summed E-state index contributed by atoms with van der Waals surface area (Å²) in [6.45, 7) is 1.90. The molecule has 6 nitrogen and oxygen atoms in total. The SMILES string of the molecule is Cc1cccnc1NC(=O)CCCc1nc(-c2ccc(Cl)cc2)no1. The summed E-state index contributed by atoms with van der Waals surface area (Å²) in [6, 6.07) is 10.9. The molecule has 0 saturated carbocycles. The van der Waals surface area contributed by atoms with E-state index in [9.17, 15) is 4.79 Å². The van der Waals surface area contributed by atoms with Gasteiger partial charge in [-0.05, 0) is 49.2 Å². The molecule has 2 aromatic heterocycles. The number of anilines is 1. The summed E-state index contributed by atoms with van der Waals surface area (Å²) >= 11 is 5.86. The number of pyridine rings is 1. The molecule has 0 bridgehead atoms. The van der Waals surface area contributed by atoms with E-state index >= 15 is 0 Å². The summed E-state index contributed by atoms with van der Waals surface area (Å²) in [6.07, 6.45) is 3.16. The number of halogens is 1. The average molecular weight is 357 g/mol. The number of nitrogens with zero attached hydrogens (tertiary/aromatic N) is 3. The molecular formula is C18H17ClN4O2. The molecule has 0 aliphatic heterocycles. The van der Waals surface area contributed by atoms with Gasteiger partial charge in [0.15, 0.2) is 0 Å². The van der Waals surface area contributed by atoms with Crippen LogP contribution in [0.25, 0.3) is 11.4 Å². The maximum Gasteiger partial charge on any atom is 0.226 e. The first kappa shape index (κ1) is 17.1. The van der Waals surface area contributed by atoms with Crippen molar-refractivity contribution in [2.45, 2.75) is 26.2 Å². The first-order chi connectivity index (χ1) is 12.1. The summed E-state index contributed by atoms with van der Waals surface area (Å²) in [5.74, 6) is 1.53. The zero-order valence-corrected chi connectivity index (χ0v) is 14.5. The van der Waals surface area contributed by atoms with Crippen molar-refractivity contribution < 1.29 is 9.32 Å². The van der Waals surface area contributed by atoms with E-state index in [4.69, 9.17) is 16.1 Å². The second-order valence-electron chi connectivity index (χ2n) is 5.59. The lowest BCUT2D eigenvalue weighted by Gasteiger charge is -2.05. The number of hydrogen-bond acceptors (Lipinski definition) is 5. The van der Waals surface area contributed by atoms with Crippen LogP contribution in [-0.2, 0) is 11.2 Å². The number of aromatic nitrogens is 3. The van der Waals surface area contributed by atoms with E-state index in [1.807, 2.05) is 31.2 Å². The van der Waals surface area contributed by atoms with Gasteiger partial charge in [0, 0.05) is 29.6 Å². The molecule has 0 spiro atoms. The van der Waals surface area contributed by atoms with E-state index in [1.165, 1.54) is 0 Å². The van der Waals surface area contributed by atoms with Gasteiger partial charge in [-0.3, -0.25) is 4.79 Å². The summed E-state index contributed by atoms with van der Waals surface area (Å²) < 4.78 is 5.23. The third-order valence-electron chi connectivity index (χ3n) is 3.63. The zero-order chi connectivity index (χ0) is 17.6. The van der Waals surface area contributed by atoms with Crippen molar-refractivity contribution in [3.05, 3.63) is 59.1 Å². The molecule has 0 radical (unpaired) electrons. The van der Waals surface area contributed by atoms with E-state index in [1.54, 1.807) is 18.3 Å². The Morgan fingerprint density at radius 1 is 1.24 bits per heavy atom. The van der Waals surface area contributed by atoms with Crippen LogP contribution in [0.5, 0.6) is 0 Å². The minimum absolute atomic E-state index is 0.0840. The molecule has 7 heteroatoms. The Bertz CT molecular complexity index is 862. The topological polar surface area (TPSA) is 80.9 Å². The summed E-state index contributed by atoms with van der Waals surface area (Å²) in [4.78, 5) is 20.5. The van der Waals surface area contributed by atoms with Gasteiger partial charge < -0.3 is 9.84 Å². The lowest BCUT2D eigenvalue weighted by molar-refractivity contribution is -0.116. The quantitative estimate of drug-likeness (QED) is 0.720. The Morgan fingerprint density at radius 3 is 2.80 bits per heavy atom. The largest absolute Gasteiger partial charge is 0.339 e. The minimum atomic E-state index is -0.0840. The van der Waals surface area contributed by atoms with Gasteiger partial charge in [-0.1, -0.05) is 22.8 Å². The number of nitrogens with one attached hydrogen (secondary N) is 1. The van der Waals surface area contributed by atoms with Crippen molar-refractivity contribution in [1.82, 2.24) is 15.1 Å². The molecule has 0 atom stereocenters. The van der Waals surface area contributed by atoms with Crippen LogP contribution in [-0.4, -0.2) is 21.0 Å². The number of carbonyl (C=O) groups is 1. The van der Waals surface area contributed by atoms with Crippen molar-refractivity contribution in [2.75, 3.05) is 5.32 Å². The average Bonchev–Trinajstić information content (AvgIpc) is 3.06. The molecule has 0 aliphatic rings. The number of benzene rings is 1. The van der Waals surface area contributed by atoms with Crippen molar-refractivity contribution in [2.24, 2.45) is 0 Å². The number of hydrogen-bond donors (Lipinski definition) is 1. The molecule has 3 aromatic rings. The van der Waals surface area contributed by atoms with Gasteiger partial charge in [-0.25, -0.2) is 4.98 Å². The molecule has 2 heterocycles. The predicted molar refractivity (Wildman–Crippen MR) is 95.3 cm³/mol. The summed E-state index contributed by atoms with van der Waals surface area (Å²) in [5, 5.41) is 7.41. The fourth-order valence-corrected chi connectivity index (χ4v) is 2.41. The monoisotopic (exact) mass is 356 g/mol. The lowest BCUT2D eigenvalue weighted by atomic mass is 10.2. The molecule has 1 N–H and O–H groups in total. The molecule has 128 valence electrons. The Balaban J connectivity index is 1.50. The summed E-state index contributed by atoms with van der Waals surface area (Å²) in [5.41, 5.74) is 1.77. The van der Waals surface area contributed by atoms with Crippen LogP contribution in [0.15, 0.2) is 47.1 Å². The second-order valence-corrected chi connectivity index (χ2v) is 6.03. The maximum atomic E-state index is 12.0. The fraction of sp³-hybridized carbons (Fsp3) is 0.222. The van der Waals surface area contributed by atoms with Crippen LogP contribution in [0.2, 0.25) is 5.02 Å². The Morgan fingerprint density at radius 2 is 2.04 bits per heavy atom. The van der Waals surface area contributed by atoms with Crippen molar-refractivity contribution in [3.8, 4) is 11.4 Å². The zero-order valence-electron chi connectivity index (χ0n) is 13.7. The highest BCUT2D eigenvalue weighted by Crippen LogP contribution is 2.19. The third kappa shape index (κ3) is 4.64. The van der Waals surface area contributed by atoms with Crippen molar-refractivity contribution in [1.29, 1.82) is 0 Å². The molecular weight excluding hydrogens is 340 g/mol. The maximum absolute atomic E-state index is 12.0. The van der Waals surface area contributed by atoms with Gasteiger partial charge in [0.05, 0.1) is 0 Å². The van der Waals surface area contributed by atoms with Crippen molar-refractivity contribution in [3.63, 3.8) is 0 Å². The van der Waals surface area contributed by atoms with Crippen LogP contribution < -0.4 is 5.32 Å². The number of carbonyl (C=O) groups excluding carboxylic acids is 1. The molecule has 25 heavy (non-hydrogen) atoms. The standard InChI is InChI=1S/C18H17ClN4O2/c1-12-4-3-11-20-17(12)21-15(24)5-2-6-16-22-18(23-25-16)13-7-9-14(19)10-8-13/h3-4,7-11H,2,5-6H2,1H3,(H,20,21,24). The van der Waals surface area contributed by atoms with Crippen LogP contribution in [0.1, 0.15) is 24.3 Å². The molecule has 0 aliphatic carbocycles. The predicted octanol–water partition coefficient (Wildman–Crippen LogP) is 4.05. The number of amides is 1. The second kappa shape index (κ2) is 7.90. The van der Waals surface area contributed by atoms with E-state index in [2.05, 4.69) is 20.4 Å². The minimum Gasteiger partial charge on any atom is -0.339 e. The first-order valence-corrected chi connectivity index (χ1v) is 8.29. The van der Waals surface area contributed by atoms with Crippen LogP contribution in [0, 0.1) is 6.92 Å². The van der Waals surface area contributed by atoms with Crippen molar-refractivity contribution >= 4 is 23.3 Å². The molecule has 0 saturated heterocycles. The highest BCUT2D eigenvalue weighted by molar-refractivity contribution is 6.30. The van der Waals surface area contributed by atoms with Crippen LogP contribution in [0.3, 0.4) is 0 Å². The fourth-order valence-electron chi connectivity index (χ4n) is 2.28. The number of aryl methyl sites for hydroxylation is 2. The highest BCUT2D eigenvalue weighted by atomic mass is 35.5. The van der Waals surface area contributed by atoms with Gasteiger partial charge in [0.1, 0.15) is 5.82 Å². The third-order valence-corrected chi connectivity index (χ3v) is 3.88. The molecule has 1 amide bonds. The van der Waals surface area contributed by atoms with Gasteiger partial charge >= 0.3 is 0 Å². The normalized spacial score (nSPS) is 10.6. The molecule has 0 unspecified atom stereocenters.